The Morgan fingerprint density at radius 3 is 2.11 bits per heavy atom. The van der Waals surface area contributed by atoms with E-state index in [4.69, 9.17) is 23.0 Å². The molecule has 0 bridgehead atoms. The van der Waals surface area contributed by atoms with Crippen molar-refractivity contribution in [1.29, 1.82) is 0 Å². The number of likely N-dealkylation sites (tertiary alicyclic amines) is 1. The molecule has 0 unspecified atom stereocenters. The van der Waals surface area contributed by atoms with Crippen LogP contribution in [-0.2, 0) is 38.1 Å². The number of benzene rings is 4. The fraction of sp³-hybridized carbons (Fsp3) is 0.357. The van der Waals surface area contributed by atoms with E-state index in [0.29, 0.717) is 54.6 Å². The van der Waals surface area contributed by atoms with Gasteiger partial charge in [0.25, 0.3) is 5.89 Å². The highest BCUT2D eigenvalue weighted by atomic mass is 31.2. The van der Waals surface area contributed by atoms with Crippen LogP contribution in [0.15, 0.2) is 102 Å². The normalized spacial score (nSPS) is 17.2. The molecule has 3 heterocycles. The van der Waals surface area contributed by atoms with E-state index in [9.17, 15) is 9.36 Å². The lowest BCUT2D eigenvalue weighted by atomic mass is 9.90. The highest BCUT2D eigenvalue weighted by Crippen LogP contribution is 2.49. The third kappa shape index (κ3) is 8.00. The van der Waals surface area contributed by atoms with Crippen LogP contribution in [0.5, 0.6) is 5.75 Å². The fourth-order valence-electron chi connectivity index (χ4n) is 7.29. The Morgan fingerprint density at radius 1 is 0.889 bits per heavy atom. The molecule has 12 heteroatoms. The zero-order valence-electron chi connectivity index (χ0n) is 30.7. The predicted molar refractivity (Wildman–Crippen MR) is 205 cm³/mol. The van der Waals surface area contributed by atoms with E-state index >= 15 is 0 Å². The maximum atomic E-state index is 14.3. The Morgan fingerprint density at radius 2 is 1.54 bits per heavy atom. The van der Waals surface area contributed by atoms with Crippen LogP contribution in [0.2, 0.25) is 0 Å². The quantitative estimate of drug-likeness (QED) is 0.102. The first-order valence-electron chi connectivity index (χ1n) is 18.7. The summed E-state index contributed by atoms with van der Waals surface area (Å²) in [5.74, 6) is 2.46. The second-order valence-electron chi connectivity index (χ2n) is 14.3. The fourth-order valence-corrected chi connectivity index (χ4v) is 8.82. The molecule has 54 heavy (non-hydrogen) atoms. The van der Waals surface area contributed by atoms with Gasteiger partial charge in [0, 0.05) is 49.3 Å². The van der Waals surface area contributed by atoms with E-state index in [1.807, 2.05) is 74.5 Å². The molecule has 1 spiro atoms. The second kappa shape index (κ2) is 15.5. The summed E-state index contributed by atoms with van der Waals surface area (Å²) >= 11 is 0. The van der Waals surface area contributed by atoms with Gasteiger partial charge < -0.3 is 23.0 Å². The van der Waals surface area contributed by atoms with Crippen molar-refractivity contribution in [2.75, 3.05) is 31.1 Å². The van der Waals surface area contributed by atoms with Crippen molar-refractivity contribution in [2.45, 2.75) is 70.8 Å². The number of carbonyl (C=O) groups is 1. The topological polar surface area (TPSA) is 116 Å². The third-order valence-electron chi connectivity index (χ3n) is 10.4. The van der Waals surface area contributed by atoms with Gasteiger partial charge in [0.15, 0.2) is 5.82 Å². The molecule has 5 aromatic rings. The summed E-state index contributed by atoms with van der Waals surface area (Å²) in [7, 11) is -3.73. The van der Waals surface area contributed by atoms with E-state index in [2.05, 4.69) is 27.2 Å². The van der Waals surface area contributed by atoms with E-state index in [0.717, 1.165) is 60.5 Å². The van der Waals surface area contributed by atoms with E-state index in [1.54, 1.807) is 29.2 Å². The van der Waals surface area contributed by atoms with Crippen LogP contribution in [0.4, 0.5) is 10.5 Å². The van der Waals surface area contributed by atoms with E-state index in [-0.39, 0.29) is 19.3 Å². The van der Waals surface area contributed by atoms with Crippen LogP contribution in [0, 0.1) is 6.92 Å². The molecule has 2 saturated heterocycles. The van der Waals surface area contributed by atoms with Gasteiger partial charge in [-0.2, -0.15) is 4.98 Å². The lowest BCUT2D eigenvalue weighted by Gasteiger charge is -2.37. The Kier molecular flexibility index (Phi) is 10.4. The molecule has 0 atom stereocenters. The SMILES string of the molecule is CCOc1cc(-c2nc(C)no2)c(C2CC2)cc1CN1CCC2(CC1)CN(c1ccc(P(=O)(OCc3ccccc3)OCc3ccccc3)cc1)C(=O)O2. The van der Waals surface area contributed by atoms with Crippen molar-refractivity contribution >= 4 is 24.7 Å². The first kappa shape index (κ1) is 36.2. The maximum absolute atomic E-state index is 14.3. The van der Waals surface area contributed by atoms with Gasteiger partial charge in [-0.3, -0.25) is 14.4 Å². The number of ether oxygens (including phenoxy) is 2. The summed E-state index contributed by atoms with van der Waals surface area (Å²) in [6.07, 6.45) is 3.34. The largest absolute Gasteiger partial charge is 0.494 e. The van der Waals surface area contributed by atoms with Gasteiger partial charge in [-0.15, -0.1) is 0 Å². The van der Waals surface area contributed by atoms with Gasteiger partial charge in [0.2, 0.25) is 0 Å². The van der Waals surface area contributed by atoms with Crippen LogP contribution in [0.25, 0.3) is 11.5 Å². The van der Waals surface area contributed by atoms with E-state index in [1.165, 1.54) is 5.56 Å². The molecular weight excluding hydrogens is 703 g/mol. The van der Waals surface area contributed by atoms with Gasteiger partial charge in [-0.25, -0.2) is 4.79 Å². The maximum Gasteiger partial charge on any atom is 0.415 e. The molecule has 3 fully saturated rings. The van der Waals surface area contributed by atoms with Crippen LogP contribution in [0.1, 0.15) is 66.6 Å². The molecule has 1 amide bonds. The molecule has 3 aliphatic rings. The lowest BCUT2D eigenvalue weighted by molar-refractivity contribution is -0.00111. The van der Waals surface area contributed by atoms with Crippen molar-refractivity contribution in [2.24, 2.45) is 0 Å². The number of aromatic nitrogens is 2. The minimum atomic E-state index is -3.73. The molecule has 280 valence electrons. The van der Waals surface area contributed by atoms with Crippen molar-refractivity contribution in [3.05, 3.63) is 125 Å². The predicted octanol–water partition coefficient (Wildman–Crippen LogP) is 8.56. The standard InChI is InChI=1S/C42H45N4O7P/c1-3-49-39-25-38(40-43-30(2)44-53-40)37(33-14-15-33)24-34(39)26-45-22-20-42(21-23-45)29-46(41(47)52-42)35-16-18-36(19-17-35)54(48,50-27-31-10-6-4-7-11-31)51-28-32-12-8-5-9-13-32/h4-13,16-19,24-25,33H,3,14-15,20-23,26-29H2,1-2H3. The van der Waals surface area contributed by atoms with Crippen molar-refractivity contribution < 1.29 is 32.4 Å². The van der Waals surface area contributed by atoms with Crippen LogP contribution in [0.3, 0.4) is 0 Å². The molecule has 4 aromatic carbocycles. The average Bonchev–Trinajstić information content (AvgIpc) is 3.88. The number of hydrogen-bond acceptors (Lipinski definition) is 10. The van der Waals surface area contributed by atoms with Gasteiger partial charge in [-0.1, -0.05) is 65.8 Å². The van der Waals surface area contributed by atoms with Crippen LogP contribution in [-0.4, -0.2) is 53.0 Å². The molecule has 1 aliphatic carbocycles. The van der Waals surface area contributed by atoms with Crippen LogP contribution < -0.4 is 14.9 Å². The zero-order valence-corrected chi connectivity index (χ0v) is 31.6. The Labute approximate surface area is 315 Å². The lowest BCUT2D eigenvalue weighted by Crippen LogP contribution is -2.46. The summed E-state index contributed by atoms with van der Waals surface area (Å²) in [4.78, 5) is 21.9. The number of hydrogen-bond donors (Lipinski definition) is 0. The summed E-state index contributed by atoms with van der Waals surface area (Å²) in [6, 6.07) is 30.6. The zero-order chi connectivity index (χ0) is 37.1. The minimum absolute atomic E-state index is 0.131. The average molecular weight is 749 g/mol. The van der Waals surface area contributed by atoms with E-state index < -0.39 is 13.2 Å². The molecule has 2 aliphatic heterocycles. The summed E-state index contributed by atoms with van der Waals surface area (Å²) in [5.41, 5.74) is 5.19. The number of amides is 1. The number of carbonyl (C=O) groups excluding carboxylic acids is 1. The number of aryl methyl sites for hydroxylation is 1. The number of piperidine rings is 1. The highest BCUT2D eigenvalue weighted by Gasteiger charge is 2.47. The summed E-state index contributed by atoms with van der Waals surface area (Å²) < 4.78 is 44.2. The van der Waals surface area contributed by atoms with Crippen molar-refractivity contribution in [3.8, 4) is 17.2 Å². The molecule has 0 radical (unpaired) electrons. The molecule has 0 N–H and O–H groups in total. The summed E-state index contributed by atoms with van der Waals surface area (Å²) in [5, 5.41) is 4.44. The highest BCUT2D eigenvalue weighted by molar-refractivity contribution is 7.62. The summed E-state index contributed by atoms with van der Waals surface area (Å²) in [6.45, 7) is 7.35. The van der Waals surface area contributed by atoms with Gasteiger partial charge in [0.1, 0.15) is 11.4 Å². The third-order valence-corrected chi connectivity index (χ3v) is 12.3. The van der Waals surface area contributed by atoms with Crippen molar-refractivity contribution in [3.63, 3.8) is 0 Å². The van der Waals surface area contributed by atoms with Crippen molar-refractivity contribution in [1.82, 2.24) is 15.0 Å². The van der Waals surface area contributed by atoms with Gasteiger partial charge >= 0.3 is 13.7 Å². The Balaban J connectivity index is 0.937. The second-order valence-corrected chi connectivity index (χ2v) is 16.4. The number of rotatable bonds is 14. The van der Waals surface area contributed by atoms with Gasteiger partial charge in [0.05, 0.1) is 31.7 Å². The first-order valence-corrected chi connectivity index (χ1v) is 20.2. The Bertz CT molecular complexity index is 2070. The first-order chi connectivity index (χ1) is 26.3. The van der Waals surface area contributed by atoms with Gasteiger partial charge in [-0.05, 0) is 85.7 Å². The Hall–Kier alpha value is -4.80. The number of nitrogens with zero attached hydrogens (tertiary/aromatic N) is 4. The molecule has 8 rings (SSSR count). The molecule has 1 aromatic heterocycles. The molecular formula is C42H45N4O7P. The van der Waals surface area contributed by atoms with Crippen LogP contribution >= 0.6 is 7.60 Å². The smallest absolute Gasteiger partial charge is 0.415 e. The number of anilines is 1. The monoisotopic (exact) mass is 748 g/mol. The minimum Gasteiger partial charge on any atom is -0.494 e. The molecule has 11 nitrogen and oxygen atoms in total. The molecule has 1 saturated carbocycles.